The van der Waals surface area contributed by atoms with Crippen LogP contribution in [0.15, 0.2) is 97.1 Å². The standard InChI is InChI=1S/4C18H28P2.2Au/c4*1-13-9-10-14(2)19(13)17-7-5-6-8-18(17)20-15(3)11-12-16(20)4;;/h4*5-8,13-16H,9-12H2,1-4H3;;/p+8/t4*13-,14-,15-,16-;;/m1100../s1. The van der Waals surface area contributed by atoms with Gasteiger partial charge in [-0.3, -0.25) is 0 Å². The Morgan fingerprint density at radius 2 is 0.244 bits per heavy atom. The van der Waals surface area contributed by atoms with Crippen molar-refractivity contribution in [1.82, 2.24) is 0 Å². The summed E-state index contributed by atoms with van der Waals surface area (Å²) in [5.41, 5.74) is 15.6. The summed E-state index contributed by atoms with van der Waals surface area (Å²) >= 11 is 0. The van der Waals surface area contributed by atoms with Gasteiger partial charge in [0, 0.05) is 108 Å². The first-order valence-electron chi connectivity index (χ1n) is 33.7. The van der Waals surface area contributed by atoms with E-state index in [4.69, 9.17) is 0 Å². The molecule has 82 heavy (non-hydrogen) atoms. The molecule has 0 amide bonds. The monoisotopic (exact) mass is 1630 g/mol. The van der Waals surface area contributed by atoms with Gasteiger partial charge in [0.05, 0.1) is 90.5 Å². The van der Waals surface area contributed by atoms with Crippen LogP contribution < -0.4 is 42.4 Å². The van der Waals surface area contributed by atoms with Gasteiger partial charge in [-0.2, -0.15) is 0 Å². The zero-order valence-electron chi connectivity index (χ0n) is 54.4. The average Bonchev–Trinajstić information content (AvgIpc) is 4.52. The summed E-state index contributed by atoms with van der Waals surface area (Å²) in [6, 6.07) is 38.5. The van der Waals surface area contributed by atoms with Crippen molar-refractivity contribution < 1.29 is 44.8 Å². The molecule has 0 aromatic heterocycles. The molecule has 10 heteroatoms. The van der Waals surface area contributed by atoms with Crippen molar-refractivity contribution in [2.45, 2.75) is 304 Å². The summed E-state index contributed by atoms with van der Waals surface area (Å²) in [7, 11) is -2.66. The third-order valence-electron chi connectivity index (χ3n) is 23.0. The molecule has 8 fully saturated rings. The molecule has 16 atom stereocenters. The maximum atomic E-state index is 2.52. The SMILES string of the molecule is C[C@@H]1CC[C@@H](C)[PH+]1c1ccccc1[PH+]1[C@H](C)CC[C@H]1C.C[C@@H]1CC[C@@H](C)[PH+]1c1ccccc1[PH+]1[C@H](C)CC[C@H]1C.C[C@H]1CC[C@H](C)[PH+]1c1ccccc1[PH+]1[C@@H](C)CC[C@@H]1C.C[C@H]1CC[C@H](C)[PH+]1c1ccccc1[PH+]1[C@@H](C)CC[C@@H]1C.[Au].[Au]. The fraction of sp³-hybridized carbons (Fsp3) is 0.667. The number of hydrogen-bond acceptors (Lipinski definition) is 0. The van der Waals surface area contributed by atoms with Crippen LogP contribution in [0.2, 0.25) is 0 Å². The molecule has 12 rings (SSSR count). The van der Waals surface area contributed by atoms with E-state index in [1.807, 2.05) is 42.4 Å². The van der Waals surface area contributed by atoms with Gasteiger partial charge in [0.1, 0.15) is 42.4 Å². The Balaban J connectivity index is 0.000000156. The van der Waals surface area contributed by atoms with Crippen molar-refractivity contribution in [3.63, 3.8) is 0 Å². The average molecular weight is 1630 g/mol. The summed E-state index contributed by atoms with van der Waals surface area (Å²) in [6.07, 6.45) is 23.5. The third-order valence-corrected chi connectivity index (χ3v) is 54.0. The predicted molar refractivity (Wildman–Crippen MR) is 395 cm³/mol. The van der Waals surface area contributed by atoms with Gasteiger partial charge in [0.25, 0.3) is 0 Å². The fourth-order valence-electron chi connectivity index (χ4n) is 18.6. The van der Waals surface area contributed by atoms with Crippen LogP contribution in [0.1, 0.15) is 214 Å². The van der Waals surface area contributed by atoms with Crippen LogP contribution in [0.4, 0.5) is 0 Å². The predicted octanol–water partition coefficient (Wildman–Crippen LogP) is 18.0. The molecule has 0 bridgehead atoms. The van der Waals surface area contributed by atoms with Gasteiger partial charge in [-0.05, 0) is 262 Å². The Hall–Kier alpha value is 1.80. The third kappa shape index (κ3) is 16.2. The van der Waals surface area contributed by atoms with Gasteiger partial charge in [-0.15, -0.1) is 0 Å². The molecule has 0 nitrogen and oxygen atoms in total. The first-order valence-corrected chi connectivity index (χ1v) is 46.9. The second-order valence-corrected chi connectivity index (χ2v) is 56.2. The van der Waals surface area contributed by atoms with Crippen LogP contribution in [0.3, 0.4) is 0 Å². The largest absolute Gasteiger partial charge is 0.133 e. The van der Waals surface area contributed by atoms with E-state index in [1.165, 1.54) is 103 Å². The van der Waals surface area contributed by atoms with Crippen molar-refractivity contribution in [2.24, 2.45) is 0 Å². The van der Waals surface area contributed by atoms with E-state index < -0.39 is 0 Å². The Morgan fingerprint density at radius 1 is 0.171 bits per heavy atom. The fourth-order valence-corrected chi connectivity index (χ4v) is 51.4. The molecule has 2 radical (unpaired) electrons. The molecule has 0 spiro atoms. The normalized spacial score (nSPS) is 34.9. The molecule has 4 aromatic rings. The van der Waals surface area contributed by atoms with E-state index in [-0.39, 0.29) is 108 Å². The van der Waals surface area contributed by atoms with Gasteiger partial charge in [-0.1, -0.05) is 48.5 Å². The van der Waals surface area contributed by atoms with Gasteiger partial charge < -0.3 is 0 Å². The maximum Gasteiger partial charge on any atom is 0.133 e. The van der Waals surface area contributed by atoms with E-state index in [0.29, 0.717) is 0 Å². The topological polar surface area (TPSA) is 0 Å². The Bertz CT molecular complexity index is 1990. The molecule has 462 valence electrons. The smallest absolute Gasteiger partial charge is 0.0581 e. The molecule has 8 saturated heterocycles. The molecule has 8 aliphatic heterocycles. The quantitative estimate of drug-likeness (QED) is 0.122. The molecule has 0 N–H and O–H groups in total. The van der Waals surface area contributed by atoms with Crippen LogP contribution >= 0.6 is 63.4 Å². The summed E-state index contributed by atoms with van der Waals surface area (Å²) in [5, 5.41) is 14.7. The van der Waals surface area contributed by atoms with E-state index in [0.717, 1.165) is 90.5 Å². The molecule has 8 heterocycles. The Morgan fingerprint density at radius 3 is 0.317 bits per heavy atom. The van der Waals surface area contributed by atoms with Crippen molar-refractivity contribution in [3.05, 3.63) is 97.1 Å². The summed E-state index contributed by atoms with van der Waals surface area (Å²) in [4.78, 5) is 0. The first-order chi connectivity index (χ1) is 38.4. The number of hydrogen-bond donors (Lipinski definition) is 0. The van der Waals surface area contributed by atoms with Crippen LogP contribution in [-0.4, -0.2) is 90.5 Å². The van der Waals surface area contributed by atoms with E-state index in [1.54, 1.807) is 0 Å². The van der Waals surface area contributed by atoms with E-state index >= 15 is 0 Å². The molecule has 8 aliphatic rings. The zero-order valence-corrected chi connectivity index (χ0v) is 66.7. The van der Waals surface area contributed by atoms with Gasteiger partial charge >= 0.3 is 0 Å². The minimum absolute atomic E-state index is 0. The molecular formula is C72H120Au2P8+8. The maximum absolute atomic E-state index is 2.52. The van der Waals surface area contributed by atoms with Crippen molar-refractivity contribution in [3.8, 4) is 0 Å². The second kappa shape index (κ2) is 32.9. The molecule has 0 unspecified atom stereocenters. The zero-order chi connectivity index (χ0) is 57.1. The molecule has 0 saturated carbocycles. The van der Waals surface area contributed by atoms with Gasteiger partial charge in [0.15, 0.2) is 0 Å². The first kappa shape index (κ1) is 71.2. The van der Waals surface area contributed by atoms with Crippen molar-refractivity contribution >= 4 is 106 Å². The van der Waals surface area contributed by atoms with Crippen LogP contribution in [-0.2, 0) is 44.8 Å². The summed E-state index contributed by atoms with van der Waals surface area (Å²) in [5.74, 6) is 0. The Labute approximate surface area is 546 Å². The van der Waals surface area contributed by atoms with E-state index in [2.05, 4.69) is 208 Å². The molecule has 4 aromatic carbocycles. The second-order valence-electron chi connectivity index (χ2n) is 28.9. The van der Waals surface area contributed by atoms with Crippen LogP contribution in [0, 0.1) is 0 Å². The molecule has 0 aliphatic carbocycles. The van der Waals surface area contributed by atoms with Crippen molar-refractivity contribution in [2.75, 3.05) is 0 Å². The minimum Gasteiger partial charge on any atom is -0.0581 e. The number of rotatable bonds is 8. The Kier molecular flexibility index (Phi) is 28.6. The van der Waals surface area contributed by atoms with Crippen LogP contribution in [0.25, 0.3) is 0 Å². The minimum atomic E-state index is -0.332. The summed E-state index contributed by atoms with van der Waals surface area (Å²) < 4.78 is 0. The van der Waals surface area contributed by atoms with Crippen LogP contribution in [0.5, 0.6) is 0 Å². The number of benzene rings is 4. The van der Waals surface area contributed by atoms with E-state index in [9.17, 15) is 0 Å². The van der Waals surface area contributed by atoms with Gasteiger partial charge in [-0.25, -0.2) is 0 Å². The summed E-state index contributed by atoms with van der Waals surface area (Å²) in [6.45, 7) is 40.3. The molecular weight excluding hydrogens is 1510 g/mol. The van der Waals surface area contributed by atoms with Crippen molar-refractivity contribution in [1.29, 1.82) is 0 Å². The van der Waals surface area contributed by atoms with Gasteiger partial charge in [0.2, 0.25) is 0 Å².